The van der Waals surface area contributed by atoms with Gasteiger partial charge < -0.3 is 9.47 Å². The Morgan fingerprint density at radius 3 is 2.54 bits per heavy atom. The van der Waals surface area contributed by atoms with Crippen LogP contribution in [0.15, 0.2) is 64.6 Å². The zero-order valence-corrected chi connectivity index (χ0v) is 23.1. The summed E-state index contributed by atoms with van der Waals surface area (Å²) >= 11 is 20.7. The number of amides is 2. The third-order valence-corrected chi connectivity index (χ3v) is 6.82. The van der Waals surface area contributed by atoms with Crippen molar-refractivity contribution in [1.82, 2.24) is 5.32 Å². The fourth-order valence-electron chi connectivity index (χ4n) is 3.54. The van der Waals surface area contributed by atoms with E-state index < -0.39 is 17.6 Å². The molecule has 3 aromatic rings. The van der Waals surface area contributed by atoms with Crippen LogP contribution in [0, 0.1) is 5.82 Å². The molecular weight excluding hydrogens is 606 g/mol. The summed E-state index contributed by atoms with van der Waals surface area (Å²) in [4.78, 5) is 26.8. The van der Waals surface area contributed by atoms with Crippen LogP contribution in [-0.4, -0.2) is 23.5 Å². The van der Waals surface area contributed by atoms with Crippen molar-refractivity contribution in [2.24, 2.45) is 0 Å². The minimum Gasteiger partial charge on any atom is -0.490 e. The van der Waals surface area contributed by atoms with E-state index in [9.17, 15) is 14.0 Å². The number of hydrogen-bond acceptors (Lipinski definition) is 5. The van der Waals surface area contributed by atoms with E-state index in [0.29, 0.717) is 38.2 Å². The molecule has 0 aromatic heterocycles. The highest BCUT2D eigenvalue weighted by Gasteiger charge is 2.35. The number of benzene rings is 3. The van der Waals surface area contributed by atoms with Crippen molar-refractivity contribution in [1.29, 1.82) is 0 Å². The topological polar surface area (TPSA) is 67.9 Å². The number of para-hydroxylation sites is 1. The van der Waals surface area contributed by atoms with Gasteiger partial charge in [0, 0.05) is 0 Å². The van der Waals surface area contributed by atoms with Gasteiger partial charge in [-0.15, -0.1) is 0 Å². The van der Waals surface area contributed by atoms with E-state index >= 15 is 0 Å². The number of rotatable bonds is 7. The van der Waals surface area contributed by atoms with E-state index in [4.69, 9.17) is 44.9 Å². The third-order valence-electron chi connectivity index (χ3n) is 5.20. The predicted octanol–water partition coefficient (Wildman–Crippen LogP) is 6.70. The molecule has 6 nitrogen and oxygen atoms in total. The molecule has 37 heavy (non-hydrogen) atoms. The first-order valence-electron chi connectivity index (χ1n) is 10.9. The average molecular weight is 624 g/mol. The van der Waals surface area contributed by atoms with E-state index in [1.807, 2.05) is 6.92 Å². The van der Waals surface area contributed by atoms with Crippen LogP contribution in [0.5, 0.6) is 11.5 Å². The molecule has 1 saturated heterocycles. The molecule has 0 spiro atoms. The van der Waals surface area contributed by atoms with Gasteiger partial charge in [-0.25, -0.2) is 9.29 Å². The van der Waals surface area contributed by atoms with Gasteiger partial charge in [-0.3, -0.25) is 14.9 Å². The normalized spacial score (nSPS) is 14.7. The number of hydrogen-bond donors (Lipinski definition) is 1. The number of anilines is 1. The SMILES string of the molecule is CCOc1cc(/C=C2\C(=O)NC(=S)N(c3ccccc3F)C2=O)cc(Br)c1OCc1ccc(Cl)c(Cl)c1. The van der Waals surface area contributed by atoms with Crippen molar-refractivity contribution in [3.05, 3.63) is 91.6 Å². The van der Waals surface area contributed by atoms with Gasteiger partial charge >= 0.3 is 0 Å². The van der Waals surface area contributed by atoms with E-state index in [2.05, 4.69) is 21.2 Å². The highest BCUT2D eigenvalue weighted by Crippen LogP contribution is 2.38. The van der Waals surface area contributed by atoms with Gasteiger partial charge in [0.05, 0.1) is 26.8 Å². The maximum atomic E-state index is 14.4. The summed E-state index contributed by atoms with van der Waals surface area (Å²) in [7, 11) is 0. The van der Waals surface area contributed by atoms with E-state index in [-0.39, 0.29) is 23.0 Å². The van der Waals surface area contributed by atoms with Crippen molar-refractivity contribution >= 4 is 80.0 Å². The van der Waals surface area contributed by atoms with Gasteiger partial charge in [-0.05, 0) is 88.7 Å². The van der Waals surface area contributed by atoms with Crippen molar-refractivity contribution in [3.8, 4) is 11.5 Å². The zero-order valence-electron chi connectivity index (χ0n) is 19.2. The number of carbonyl (C=O) groups excluding carboxylic acids is 2. The van der Waals surface area contributed by atoms with E-state index in [0.717, 1.165) is 10.5 Å². The van der Waals surface area contributed by atoms with Crippen LogP contribution in [0.1, 0.15) is 18.1 Å². The van der Waals surface area contributed by atoms with Gasteiger partial charge in [0.15, 0.2) is 16.6 Å². The van der Waals surface area contributed by atoms with E-state index in [1.165, 1.54) is 24.3 Å². The fourth-order valence-corrected chi connectivity index (χ4v) is 4.70. The molecule has 1 N–H and O–H groups in total. The van der Waals surface area contributed by atoms with Crippen LogP contribution >= 0.6 is 51.3 Å². The summed E-state index contributed by atoms with van der Waals surface area (Å²) in [5.74, 6) is -1.30. The minimum atomic E-state index is -0.757. The number of nitrogens with zero attached hydrogens (tertiary/aromatic N) is 1. The summed E-state index contributed by atoms with van der Waals surface area (Å²) in [6.45, 7) is 2.34. The van der Waals surface area contributed by atoms with Gasteiger partial charge in [0.25, 0.3) is 11.8 Å². The molecule has 1 aliphatic rings. The molecule has 0 aliphatic carbocycles. The van der Waals surface area contributed by atoms with Crippen LogP contribution in [-0.2, 0) is 16.2 Å². The summed E-state index contributed by atoms with van der Waals surface area (Å²) in [6.07, 6.45) is 1.38. The van der Waals surface area contributed by atoms with Gasteiger partial charge in [-0.1, -0.05) is 41.4 Å². The second kappa shape index (κ2) is 11.6. The fraction of sp³-hybridized carbons (Fsp3) is 0.115. The number of halogens is 4. The Labute approximate surface area is 236 Å². The number of ether oxygens (including phenoxy) is 2. The quantitative estimate of drug-likeness (QED) is 0.180. The lowest BCUT2D eigenvalue weighted by molar-refractivity contribution is -0.122. The van der Waals surface area contributed by atoms with Crippen LogP contribution in [0.3, 0.4) is 0 Å². The second-order valence-corrected chi connectivity index (χ2v) is 9.76. The Balaban J connectivity index is 1.66. The molecule has 0 atom stereocenters. The van der Waals surface area contributed by atoms with Crippen LogP contribution < -0.4 is 19.7 Å². The number of thiocarbonyl (C=S) groups is 1. The molecule has 1 aliphatic heterocycles. The van der Waals surface area contributed by atoms with Crippen molar-refractivity contribution < 1.29 is 23.5 Å². The van der Waals surface area contributed by atoms with Crippen LogP contribution in [0.25, 0.3) is 6.08 Å². The maximum absolute atomic E-state index is 14.4. The Hall–Kier alpha value is -2.98. The maximum Gasteiger partial charge on any atom is 0.270 e. The zero-order chi connectivity index (χ0) is 26.7. The molecular formula is C26H18BrCl2FN2O4S. The van der Waals surface area contributed by atoms with Gasteiger partial charge in [0.1, 0.15) is 18.0 Å². The first kappa shape index (κ1) is 27.1. The molecule has 1 heterocycles. The molecule has 1 fully saturated rings. The summed E-state index contributed by atoms with van der Waals surface area (Å²) in [6, 6.07) is 14.1. The minimum absolute atomic E-state index is 0.0642. The Kier molecular flexibility index (Phi) is 8.49. The predicted molar refractivity (Wildman–Crippen MR) is 149 cm³/mol. The first-order valence-corrected chi connectivity index (χ1v) is 12.8. The second-order valence-electron chi connectivity index (χ2n) is 7.71. The highest BCUT2D eigenvalue weighted by molar-refractivity contribution is 9.10. The molecule has 4 rings (SSSR count). The molecule has 0 bridgehead atoms. The number of nitrogens with one attached hydrogen (secondary N) is 1. The van der Waals surface area contributed by atoms with Gasteiger partial charge in [0.2, 0.25) is 0 Å². The number of carbonyl (C=O) groups is 2. The van der Waals surface area contributed by atoms with Crippen LogP contribution in [0.2, 0.25) is 10.0 Å². The molecule has 11 heteroatoms. The Morgan fingerprint density at radius 2 is 1.84 bits per heavy atom. The summed E-state index contributed by atoms with van der Waals surface area (Å²) < 4.78 is 26.7. The molecule has 0 unspecified atom stereocenters. The molecule has 3 aromatic carbocycles. The average Bonchev–Trinajstić information content (AvgIpc) is 2.84. The van der Waals surface area contributed by atoms with Gasteiger partial charge in [-0.2, -0.15) is 0 Å². The smallest absolute Gasteiger partial charge is 0.270 e. The van der Waals surface area contributed by atoms with Crippen molar-refractivity contribution in [2.45, 2.75) is 13.5 Å². The van der Waals surface area contributed by atoms with E-state index in [1.54, 1.807) is 36.4 Å². The standard InChI is InChI=1S/C26H18BrCl2FN2O4S/c1-2-35-22-12-15(10-17(27)23(22)36-13-14-7-8-18(28)19(29)11-14)9-16-24(33)31-26(37)32(25(16)34)21-6-4-3-5-20(21)30/h3-12H,2,13H2,1H3,(H,31,33,37)/b16-9+. The monoisotopic (exact) mass is 622 g/mol. The first-order chi connectivity index (χ1) is 17.7. The lowest BCUT2D eigenvalue weighted by Gasteiger charge is -2.29. The summed E-state index contributed by atoms with van der Waals surface area (Å²) in [5.41, 5.74) is 0.974. The molecule has 0 radical (unpaired) electrons. The lowest BCUT2D eigenvalue weighted by atomic mass is 10.1. The lowest BCUT2D eigenvalue weighted by Crippen LogP contribution is -2.54. The Morgan fingerprint density at radius 1 is 1.08 bits per heavy atom. The molecule has 0 saturated carbocycles. The largest absolute Gasteiger partial charge is 0.490 e. The van der Waals surface area contributed by atoms with Crippen molar-refractivity contribution in [3.63, 3.8) is 0 Å². The third kappa shape index (κ3) is 5.96. The molecule has 190 valence electrons. The summed E-state index contributed by atoms with van der Waals surface area (Å²) in [5, 5.41) is 3.08. The van der Waals surface area contributed by atoms with Crippen LogP contribution in [0.4, 0.5) is 10.1 Å². The Bertz CT molecular complexity index is 1450. The highest BCUT2D eigenvalue weighted by atomic mass is 79.9. The van der Waals surface area contributed by atoms with Crippen molar-refractivity contribution in [2.75, 3.05) is 11.5 Å². The molecule has 2 amide bonds.